The molecule has 0 bridgehead atoms. The van der Waals surface area contributed by atoms with Gasteiger partial charge in [-0.2, -0.15) is 0 Å². The largest absolute Gasteiger partial charge is 0.502 e. The van der Waals surface area contributed by atoms with Crippen molar-refractivity contribution in [1.29, 1.82) is 0 Å². The number of aromatic hydroxyl groups is 1. The van der Waals surface area contributed by atoms with Crippen LogP contribution >= 0.6 is 0 Å². The third kappa shape index (κ3) is 6.33. The van der Waals surface area contributed by atoms with Crippen LogP contribution in [0.4, 0.5) is 0 Å². The summed E-state index contributed by atoms with van der Waals surface area (Å²) < 4.78 is 33.9. The standard InChI is InChI=1S/C32H34O13/c1-40-22-14-18(29(37)38)8-9-21(22)44-31-26(35)25(34)28(36)32(45-31)12-10-19-20(30(39)43-16-32)15-23(24(33)27(19)41-2)42-13-11-17-6-4-3-5-7-17/h3-9,14-15,25-26,28,31,33-36H,10-13,16H2,1-2H3,(H,37,38)/t25-,26-,28+,31+,32-/m1/s1. The third-order valence-corrected chi connectivity index (χ3v) is 7.98. The highest BCUT2D eigenvalue weighted by atomic mass is 16.7. The second-order valence-corrected chi connectivity index (χ2v) is 10.7. The van der Waals surface area contributed by atoms with Gasteiger partial charge in [-0.25, -0.2) is 9.59 Å². The minimum atomic E-state index is -1.79. The van der Waals surface area contributed by atoms with Crippen molar-refractivity contribution in [2.45, 2.75) is 49.5 Å². The smallest absolute Gasteiger partial charge is 0.338 e. The SMILES string of the molecule is COc1cc(C(=O)O)ccc1O[C@H]1O[C@@]2(CCc3c(cc(OCCc4ccccc4)c(O)c3OC)C(=O)OC2)[C@@H](O)[C@H](O)[C@H]1O. The number of carbonyl (C=O) groups excluding carboxylic acids is 1. The molecule has 5 N–H and O–H groups in total. The lowest BCUT2D eigenvalue weighted by atomic mass is 9.81. The second kappa shape index (κ2) is 13.2. The number of aliphatic hydroxyl groups excluding tert-OH is 3. The van der Waals surface area contributed by atoms with Crippen LogP contribution in [-0.2, 0) is 22.3 Å². The molecule has 45 heavy (non-hydrogen) atoms. The number of esters is 1. The number of phenolic OH excluding ortho intramolecular Hbond substituents is 1. The summed E-state index contributed by atoms with van der Waals surface area (Å²) in [6.07, 6.45) is -6.38. The number of aliphatic hydroxyl groups is 3. The lowest BCUT2D eigenvalue weighted by Gasteiger charge is -2.48. The molecule has 3 aromatic rings. The molecule has 13 heteroatoms. The molecule has 5 atom stereocenters. The van der Waals surface area contributed by atoms with E-state index in [0.29, 0.717) is 6.42 Å². The average Bonchev–Trinajstić information content (AvgIpc) is 3.04. The van der Waals surface area contributed by atoms with E-state index >= 15 is 0 Å². The molecule has 0 amide bonds. The fraction of sp³-hybridized carbons (Fsp3) is 0.375. The summed E-state index contributed by atoms with van der Waals surface area (Å²) in [7, 11) is 2.61. The average molecular weight is 627 g/mol. The van der Waals surface area contributed by atoms with E-state index in [0.717, 1.165) is 5.56 Å². The van der Waals surface area contributed by atoms with E-state index in [1.807, 2.05) is 30.3 Å². The van der Waals surface area contributed by atoms with Crippen molar-refractivity contribution < 1.29 is 63.5 Å². The molecule has 240 valence electrons. The van der Waals surface area contributed by atoms with Crippen LogP contribution in [0.2, 0.25) is 0 Å². The van der Waals surface area contributed by atoms with Crippen molar-refractivity contribution >= 4 is 11.9 Å². The van der Waals surface area contributed by atoms with Crippen LogP contribution in [0.5, 0.6) is 28.7 Å². The molecule has 0 aliphatic carbocycles. The Morgan fingerprint density at radius 3 is 2.42 bits per heavy atom. The molecule has 2 aliphatic rings. The zero-order valence-corrected chi connectivity index (χ0v) is 24.5. The zero-order valence-electron chi connectivity index (χ0n) is 24.5. The number of fused-ring (bicyclic) bond motifs is 1. The van der Waals surface area contributed by atoms with Gasteiger partial charge in [0, 0.05) is 12.0 Å². The summed E-state index contributed by atoms with van der Waals surface area (Å²) in [5.74, 6) is -2.35. The predicted molar refractivity (Wildman–Crippen MR) is 155 cm³/mol. The zero-order chi connectivity index (χ0) is 32.3. The topological polar surface area (TPSA) is 191 Å². The molecule has 0 unspecified atom stereocenters. The first-order chi connectivity index (χ1) is 21.6. The van der Waals surface area contributed by atoms with E-state index < -0.39 is 48.7 Å². The van der Waals surface area contributed by atoms with E-state index in [1.54, 1.807) is 0 Å². The first kappa shape index (κ1) is 31.9. The highest BCUT2D eigenvalue weighted by Crippen LogP contribution is 2.45. The molecule has 2 aliphatic heterocycles. The lowest BCUT2D eigenvalue weighted by molar-refractivity contribution is -0.320. The first-order valence-corrected chi connectivity index (χ1v) is 14.1. The normalized spacial score (nSPS) is 24.5. The van der Waals surface area contributed by atoms with Crippen LogP contribution in [0.3, 0.4) is 0 Å². The van der Waals surface area contributed by atoms with Crippen LogP contribution < -0.4 is 18.9 Å². The van der Waals surface area contributed by atoms with Crippen molar-refractivity contribution in [2.24, 2.45) is 0 Å². The molecule has 0 aromatic heterocycles. The minimum absolute atomic E-state index is 0.00862. The monoisotopic (exact) mass is 626 g/mol. The molecule has 5 rings (SSSR count). The second-order valence-electron chi connectivity index (χ2n) is 10.7. The van der Waals surface area contributed by atoms with Gasteiger partial charge in [0.2, 0.25) is 12.0 Å². The maximum Gasteiger partial charge on any atom is 0.338 e. The Bertz CT molecular complexity index is 1540. The fourth-order valence-corrected chi connectivity index (χ4v) is 5.49. The van der Waals surface area contributed by atoms with Gasteiger partial charge in [-0.1, -0.05) is 30.3 Å². The molecular weight excluding hydrogens is 592 g/mol. The predicted octanol–water partition coefficient (Wildman–Crippen LogP) is 2.09. The highest BCUT2D eigenvalue weighted by Gasteiger charge is 2.56. The van der Waals surface area contributed by atoms with Gasteiger partial charge in [-0.15, -0.1) is 0 Å². The number of rotatable bonds is 9. The van der Waals surface area contributed by atoms with E-state index in [-0.39, 0.29) is 64.9 Å². The number of aromatic carboxylic acids is 1. The van der Waals surface area contributed by atoms with Crippen molar-refractivity contribution in [2.75, 3.05) is 27.4 Å². The van der Waals surface area contributed by atoms with Gasteiger partial charge in [0.25, 0.3) is 0 Å². The summed E-state index contributed by atoms with van der Waals surface area (Å²) in [6.45, 7) is -0.318. The number of carboxylic acid groups (broad SMARTS) is 1. The number of carbonyl (C=O) groups is 2. The molecule has 13 nitrogen and oxygen atoms in total. The molecule has 0 saturated carbocycles. The molecule has 0 radical (unpaired) electrons. The Hall–Kier alpha value is -4.56. The van der Waals surface area contributed by atoms with Gasteiger partial charge in [-0.05, 0) is 42.7 Å². The van der Waals surface area contributed by atoms with Gasteiger partial charge < -0.3 is 54.0 Å². The van der Waals surface area contributed by atoms with Crippen molar-refractivity contribution in [1.82, 2.24) is 0 Å². The molecular formula is C32H34O13. The Labute approximate surface area is 258 Å². The first-order valence-electron chi connectivity index (χ1n) is 14.1. The summed E-state index contributed by atoms with van der Waals surface area (Å²) >= 11 is 0. The number of carboxylic acids is 1. The van der Waals surface area contributed by atoms with Crippen molar-refractivity contribution in [3.05, 3.63) is 76.9 Å². The van der Waals surface area contributed by atoms with Crippen LogP contribution in [0, 0.1) is 0 Å². The van der Waals surface area contributed by atoms with Gasteiger partial charge >= 0.3 is 11.9 Å². The van der Waals surface area contributed by atoms with Gasteiger partial charge in [0.15, 0.2) is 23.0 Å². The highest BCUT2D eigenvalue weighted by molar-refractivity contribution is 5.93. The molecule has 1 saturated heterocycles. The summed E-state index contributed by atoms with van der Waals surface area (Å²) in [5.41, 5.74) is -0.485. The maximum absolute atomic E-state index is 13.3. The number of benzene rings is 3. The summed E-state index contributed by atoms with van der Waals surface area (Å²) in [4.78, 5) is 24.7. The number of cyclic esters (lactones) is 1. The van der Waals surface area contributed by atoms with Crippen LogP contribution in [0.15, 0.2) is 54.6 Å². The van der Waals surface area contributed by atoms with E-state index in [4.69, 9.17) is 28.4 Å². The van der Waals surface area contributed by atoms with E-state index in [1.165, 1.54) is 38.5 Å². The van der Waals surface area contributed by atoms with Gasteiger partial charge in [0.1, 0.15) is 30.5 Å². The third-order valence-electron chi connectivity index (χ3n) is 7.98. The molecule has 3 aromatic carbocycles. The Morgan fingerprint density at radius 1 is 0.978 bits per heavy atom. The minimum Gasteiger partial charge on any atom is -0.502 e. The Kier molecular flexibility index (Phi) is 9.34. The molecule has 2 heterocycles. The number of hydrogen-bond acceptors (Lipinski definition) is 12. The molecule has 1 fully saturated rings. The van der Waals surface area contributed by atoms with Crippen LogP contribution in [0.25, 0.3) is 0 Å². The van der Waals surface area contributed by atoms with Crippen LogP contribution in [-0.4, -0.2) is 95.1 Å². The number of methoxy groups -OCH3 is 2. The summed E-state index contributed by atoms with van der Waals surface area (Å²) in [5, 5.41) is 53.0. The maximum atomic E-state index is 13.3. The quantitative estimate of drug-likeness (QED) is 0.217. The number of ether oxygens (including phenoxy) is 6. The van der Waals surface area contributed by atoms with Crippen LogP contribution in [0.1, 0.15) is 38.3 Å². The fourth-order valence-electron chi connectivity index (χ4n) is 5.49. The summed E-state index contributed by atoms with van der Waals surface area (Å²) in [6, 6.07) is 14.7. The van der Waals surface area contributed by atoms with Crippen molar-refractivity contribution in [3.63, 3.8) is 0 Å². The Balaban J connectivity index is 1.40. The van der Waals surface area contributed by atoms with Gasteiger partial charge in [0.05, 0.1) is 32.0 Å². The van der Waals surface area contributed by atoms with Crippen molar-refractivity contribution in [3.8, 4) is 28.7 Å². The number of hydrogen-bond donors (Lipinski definition) is 5. The van der Waals surface area contributed by atoms with E-state index in [9.17, 15) is 35.1 Å². The van der Waals surface area contributed by atoms with Gasteiger partial charge in [-0.3, -0.25) is 0 Å². The lowest BCUT2D eigenvalue weighted by Crippen LogP contribution is -2.67. The Morgan fingerprint density at radius 2 is 1.73 bits per heavy atom. The molecule has 1 spiro atoms. The number of phenols is 1. The van der Waals surface area contributed by atoms with E-state index in [2.05, 4.69) is 0 Å².